The number of carbonyl (C=O) groups excluding carboxylic acids is 1. The van der Waals surface area contributed by atoms with E-state index in [2.05, 4.69) is 9.57 Å². The number of hydrogen-bond donors (Lipinski definition) is 1. The number of methoxy groups -OCH3 is 1. The van der Waals surface area contributed by atoms with E-state index in [4.69, 9.17) is 11.8 Å². The van der Waals surface area contributed by atoms with Crippen LogP contribution in [0, 0.1) is 5.92 Å². The fourth-order valence-corrected chi connectivity index (χ4v) is 1.66. The number of carbonyl (C=O) groups is 1. The van der Waals surface area contributed by atoms with Crippen LogP contribution in [0.2, 0.25) is 0 Å². The molecule has 0 aliphatic heterocycles. The first-order chi connectivity index (χ1) is 5.27. The van der Waals surface area contributed by atoms with Crippen molar-refractivity contribution >= 4 is 17.7 Å². The molecule has 1 rings (SSSR count). The molecule has 0 bridgehead atoms. The van der Waals surface area contributed by atoms with E-state index >= 15 is 0 Å². The summed E-state index contributed by atoms with van der Waals surface area (Å²) in [5.74, 6) is -0.0596. The third-order valence-electron chi connectivity index (χ3n) is 2.12. The molecular formula is C7H12ClNO2. The summed E-state index contributed by atoms with van der Waals surface area (Å²) >= 11 is 5.42. The van der Waals surface area contributed by atoms with E-state index in [0.29, 0.717) is 0 Å². The van der Waals surface area contributed by atoms with Crippen molar-refractivity contribution in [1.29, 1.82) is 0 Å². The second-order valence-electron chi connectivity index (χ2n) is 2.84. The summed E-state index contributed by atoms with van der Waals surface area (Å²) < 4.78 is 4.62. The van der Waals surface area contributed by atoms with Crippen LogP contribution in [0.5, 0.6) is 0 Å². The summed E-state index contributed by atoms with van der Waals surface area (Å²) in [6.07, 6.45) is 2.65. The van der Waals surface area contributed by atoms with Gasteiger partial charge >= 0.3 is 5.97 Å². The van der Waals surface area contributed by atoms with Crippen LogP contribution in [0.15, 0.2) is 0 Å². The van der Waals surface area contributed by atoms with Crippen molar-refractivity contribution in [3.8, 4) is 0 Å². The molecule has 1 fully saturated rings. The van der Waals surface area contributed by atoms with Gasteiger partial charge in [0.15, 0.2) is 0 Å². The minimum Gasteiger partial charge on any atom is -0.469 e. The number of halogens is 1. The highest BCUT2D eigenvalue weighted by molar-refractivity contribution is 6.13. The van der Waals surface area contributed by atoms with Gasteiger partial charge in [0.05, 0.1) is 13.0 Å². The Balaban J connectivity index is 2.35. The monoisotopic (exact) mass is 177 g/mol. The van der Waals surface area contributed by atoms with Crippen LogP contribution in [0.3, 0.4) is 0 Å². The first kappa shape index (κ1) is 8.81. The van der Waals surface area contributed by atoms with E-state index in [1.165, 1.54) is 7.11 Å². The molecule has 0 aromatic rings. The molecule has 3 nitrogen and oxygen atoms in total. The summed E-state index contributed by atoms with van der Waals surface area (Å²) in [5, 5.41) is 0. The average Bonchev–Trinajstić information content (AvgIpc) is 2.50. The van der Waals surface area contributed by atoms with Crippen LogP contribution < -0.4 is 4.84 Å². The topological polar surface area (TPSA) is 38.3 Å². The largest absolute Gasteiger partial charge is 0.469 e. The van der Waals surface area contributed by atoms with Crippen molar-refractivity contribution in [2.45, 2.75) is 25.3 Å². The Morgan fingerprint density at radius 1 is 1.64 bits per heavy atom. The molecule has 0 heterocycles. The van der Waals surface area contributed by atoms with Crippen LogP contribution in [-0.4, -0.2) is 19.1 Å². The quantitative estimate of drug-likeness (QED) is 0.507. The van der Waals surface area contributed by atoms with E-state index in [1.807, 2.05) is 0 Å². The zero-order valence-corrected chi connectivity index (χ0v) is 7.23. The van der Waals surface area contributed by atoms with Crippen molar-refractivity contribution in [3.05, 3.63) is 0 Å². The van der Waals surface area contributed by atoms with Gasteiger partial charge in [-0.1, -0.05) is 0 Å². The summed E-state index contributed by atoms with van der Waals surface area (Å²) in [6, 6.07) is 0.278. The minimum atomic E-state index is -0.112. The van der Waals surface area contributed by atoms with Crippen LogP contribution in [0.1, 0.15) is 19.3 Å². The standard InChI is InChI=1S/C7H12ClNO2/c1-11-7(10)5-2-3-6(4-5)9-8/h5-6,9H,2-4H2,1H3/t5-,6+/m0/s1. The number of rotatable bonds is 2. The van der Waals surface area contributed by atoms with E-state index in [-0.39, 0.29) is 17.9 Å². The number of esters is 1. The van der Waals surface area contributed by atoms with Crippen LogP contribution in [0.4, 0.5) is 0 Å². The molecule has 0 spiro atoms. The second kappa shape index (κ2) is 3.93. The Bertz CT molecular complexity index is 151. The van der Waals surface area contributed by atoms with Crippen molar-refractivity contribution in [2.75, 3.05) is 7.11 Å². The van der Waals surface area contributed by atoms with E-state index < -0.39 is 0 Å². The van der Waals surface area contributed by atoms with Crippen molar-refractivity contribution < 1.29 is 9.53 Å². The van der Waals surface area contributed by atoms with Crippen molar-refractivity contribution in [2.24, 2.45) is 5.92 Å². The molecule has 4 heteroatoms. The smallest absolute Gasteiger partial charge is 0.308 e. The Kier molecular flexibility index (Phi) is 3.15. The van der Waals surface area contributed by atoms with Gasteiger partial charge < -0.3 is 4.74 Å². The first-order valence-electron chi connectivity index (χ1n) is 3.72. The molecule has 1 aliphatic rings. The lowest BCUT2D eigenvalue weighted by atomic mass is 10.1. The molecule has 64 valence electrons. The SMILES string of the molecule is COC(=O)[C@H]1CC[C@@H](NCl)C1. The molecule has 11 heavy (non-hydrogen) atoms. The van der Waals surface area contributed by atoms with Crippen LogP contribution in [-0.2, 0) is 9.53 Å². The van der Waals surface area contributed by atoms with Gasteiger partial charge in [0.25, 0.3) is 0 Å². The minimum absolute atomic E-state index is 0.0521. The van der Waals surface area contributed by atoms with E-state index in [1.54, 1.807) is 0 Å². The second-order valence-corrected chi connectivity index (χ2v) is 3.06. The summed E-state index contributed by atoms with van der Waals surface area (Å²) in [5.41, 5.74) is 0. The van der Waals surface area contributed by atoms with Gasteiger partial charge in [0.2, 0.25) is 0 Å². The summed E-state index contributed by atoms with van der Waals surface area (Å²) in [6.45, 7) is 0. The van der Waals surface area contributed by atoms with Crippen LogP contribution >= 0.6 is 11.8 Å². The molecule has 0 unspecified atom stereocenters. The molecule has 0 saturated heterocycles. The van der Waals surface area contributed by atoms with Gasteiger partial charge in [-0.3, -0.25) is 4.79 Å². The Labute approximate surface area is 71.2 Å². The number of ether oxygens (including phenoxy) is 1. The predicted octanol–water partition coefficient (Wildman–Crippen LogP) is 1.07. The molecule has 0 amide bonds. The van der Waals surface area contributed by atoms with Gasteiger partial charge in [0.1, 0.15) is 0 Å². The summed E-state index contributed by atoms with van der Waals surface area (Å²) in [4.78, 5) is 13.6. The Morgan fingerprint density at radius 2 is 2.36 bits per heavy atom. The molecule has 2 atom stereocenters. The Hall–Kier alpha value is -0.280. The van der Waals surface area contributed by atoms with Gasteiger partial charge in [-0.25, -0.2) is 4.84 Å². The van der Waals surface area contributed by atoms with Gasteiger partial charge in [-0.05, 0) is 31.0 Å². The van der Waals surface area contributed by atoms with E-state index in [9.17, 15) is 4.79 Å². The molecule has 1 N–H and O–H groups in total. The lowest BCUT2D eigenvalue weighted by Crippen LogP contribution is -2.19. The third-order valence-corrected chi connectivity index (χ3v) is 2.43. The zero-order chi connectivity index (χ0) is 8.27. The van der Waals surface area contributed by atoms with Gasteiger partial charge in [0, 0.05) is 6.04 Å². The maximum absolute atomic E-state index is 11.0. The number of nitrogens with one attached hydrogen (secondary N) is 1. The molecule has 0 aromatic heterocycles. The highest BCUT2D eigenvalue weighted by atomic mass is 35.5. The molecule has 1 aliphatic carbocycles. The fraction of sp³-hybridized carbons (Fsp3) is 0.857. The molecular weight excluding hydrogens is 166 g/mol. The lowest BCUT2D eigenvalue weighted by Gasteiger charge is -2.06. The maximum Gasteiger partial charge on any atom is 0.308 e. The molecule has 0 aromatic carbocycles. The van der Waals surface area contributed by atoms with Gasteiger partial charge in [-0.2, -0.15) is 0 Å². The van der Waals surface area contributed by atoms with E-state index in [0.717, 1.165) is 19.3 Å². The molecule has 1 saturated carbocycles. The lowest BCUT2D eigenvalue weighted by molar-refractivity contribution is -0.145. The first-order valence-corrected chi connectivity index (χ1v) is 4.09. The average molecular weight is 178 g/mol. The number of hydrogen-bond acceptors (Lipinski definition) is 3. The highest BCUT2D eigenvalue weighted by Gasteiger charge is 2.29. The van der Waals surface area contributed by atoms with Crippen molar-refractivity contribution in [3.63, 3.8) is 0 Å². The normalized spacial score (nSPS) is 30.4. The van der Waals surface area contributed by atoms with Gasteiger partial charge in [-0.15, -0.1) is 0 Å². The molecule has 0 radical (unpaired) electrons. The third kappa shape index (κ3) is 2.07. The zero-order valence-electron chi connectivity index (χ0n) is 6.47. The summed E-state index contributed by atoms with van der Waals surface area (Å²) in [7, 11) is 1.42. The Morgan fingerprint density at radius 3 is 2.82 bits per heavy atom. The van der Waals surface area contributed by atoms with Crippen LogP contribution in [0.25, 0.3) is 0 Å². The highest BCUT2D eigenvalue weighted by Crippen LogP contribution is 2.26. The predicted molar refractivity (Wildman–Crippen MR) is 42.1 cm³/mol. The van der Waals surface area contributed by atoms with Crippen molar-refractivity contribution in [1.82, 2.24) is 4.84 Å². The fourth-order valence-electron chi connectivity index (χ4n) is 1.46. The maximum atomic E-state index is 11.0.